The molecule has 1 N–H and O–H groups in total. The van der Waals surface area contributed by atoms with E-state index in [-0.39, 0.29) is 0 Å². The maximum Gasteiger partial charge on any atom is 0.0978 e. The molecular weight excluding hydrogens is 178 g/mol. The van der Waals surface area contributed by atoms with Crippen molar-refractivity contribution in [1.29, 1.82) is 10.5 Å². The van der Waals surface area contributed by atoms with Crippen molar-refractivity contribution >= 4 is 0 Å². The van der Waals surface area contributed by atoms with E-state index in [1.165, 1.54) is 0 Å². The van der Waals surface area contributed by atoms with E-state index in [0.29, 0.717) is 11.1 Å². The van der Waals surface area contributed by atoms with E-state index < -0.39 is 11.1 Å². The number of hydrogen-bond acceptors (Lipinski definition) is 4. The Balaban J connectivity index is 3.47. The lowest BCUT2D eigenvalue weighted by Gasteiger charge is -2.35. The minimum absolute atomic E-state index is 0.340. The Hall–Kier alpha value is -1.36. The molecule has 0 saturated heterocycles. The van der Waals surface area contributed by atoms with Crippen LogP contribution in [0.1, 0.15) is 27.7 Å². The van der Waals surface area contributed by atoms with Crippen LogP contribution in [0.25, 0.3) is 0 Å². The van der Waals surface area contributed by atoms with Crippen LogP contribution in [-0.4, -0.2) is 21.3 Å². The summed E-state index contributed by atoms with van der Waals surface area (Å²) in [7, 11) is 0. The van der Waals surface area contributed by atoms with E-state index in [0.717, 1.165) is 5.06 Å². The molecule has 0 aromatic rings. The van der Waals surface area contributed by atoms with E-state index in [1.54, 1.807) is 27.7 Å². The van der Waals surface area contributed by atoms with Gasteiger partial charge in [0.25, 0.3) is 0 Å². The predicted octanol–water partition coefficient (Wildman–Crippen LogP) is 1.59. The molecule has 14 heavy (non-hydrogen) atoms. The summed E-state index contributed by atoms with van der Waals surface area (Å²) >= 11 is 0. The fourth-order valence-electron chi connectivity index (χ4n) is 1.91. The Morgan fingerprint density at radius 2 is 1.29 bits per heavy atom. The van der Waals surface area contributed by atoms with Crippen LogP contribution in [0.2, 0.25) is 0 Å². The SMILES string of the molecule is CC1(C)C(C#N)=C(C#N)C(C)(C)N1O. The third-order valence-corrected chi connectivity index (χ3v) is 2.76. The van der Waals surface area contributed by atoms with Gasteiger partial charge in [-0.25, -0.2) is 0 Å². The smallest absolute Gasteiger partial charge is 0.0978 e. The van der Waals surface area contributed by atoms with Crippen molar-refractivity contribution < 1.29 is 5.21 Å². The lowest BCUT2D eigenvalue weighted by molar-refractivity contribution is -0.185. The van der Waals surface area contributed by atoms with Crippen molar-refractivity contribution in [2.24, 2.45) is 0 Å². The van der Waals surface area contributed by atoms with Crippen LogP contribution in [0.5, 0.6) is 0 Å². The van der Waals surface area contributed by atoms with Crippen molar-refractivity contribution in [1.82, 2.24) is 5.06 Å². The molecule has 1 heterocycles. The van der Waals surface area contributed by atoms with Crippen LogP contribution >= 0.6 is 0 Å². The summed E-state index contributed by atoms with van der Waals surface area (Å²) in [6, 6.07) is 3.99. The standard InChI is InChI=1S/C10H13N3O/c1-9(2)7(5-11)8(6-12)10(3,4)13(9)14/h14H,1-4H3. The molecule has 0 aliphatic carbocycles. The van der Waals surface area contributed by atoms with Gasteiger partial charge in [-0.05, 0) is 27.7 Å². The first-order chi connectivity index (χ1) is 6.30. The average Bonchev–Trinajstić information content (AvgIpc) is 2.22. The van der Waals surface area contributed by atoms with E-state index in [1.807, 2.05) is 12.1 Å². The predicted molar refractivity (Wildman–Crippen MR) is 50.0 cm³/mol. The van der Waals surface area contributed by atoms with Gasteiger partial charge in [-0.1, -0.05) is 0 Å². The zero-order valence-electron chi connectivity index (χ0n) is 8.79. The van der Waals surface area contributed by atoms with Gasteiger partial charge in [0.2, 0.25) is 0 Å². The van der Waals surface area contributed by atoms with Crippen molar-refractivity contribution in [3.8, 4) is 12.1 Å². The molecule has 0 radical (unpaired) electrons. The van der Waals surface area contributed by atoms with E-state index >= 15 is 0 Å². The van der Waals surface area contributed by atoms with E-state index in [9.17, 15) is 5.21 Å². The third-order valence-electron chi connectivity index (χ3n) is 2.76. The highest BCUT2D eigenvalue weighted by atomic mass is 16.5. The number of nitriles is 2. The average molecular weight is 191 g/mol. The van der Waals surface area contributed by atoms with Crippen LogP contribution in [-0.2, 0) is 0 Å². The molecule has 0 aromatic carbocycles. The second-order valence-electron chi connectivity index (χ2n) is 4.40. The summed E-state index contributed by atoms with van der Waals surface area (Å²) in [4.78, 5) is 0. The molecule has 0 saturated carbocycles. The topological polar surface area (TPSA) is 71.0 Å². The number of hydrogen-bond donors (Lipinski definition) is 1. The Morgan fingerprint density at radius 3 is 1.50 bits per heavy atom. The molecule has 1 aliphatic heterocycles. The molecule has 0 fully saturated rings. The Bertz CT molecular complexity index is 343. The first-order valence-electron chi connectivity index (χ1n) is 4.34. The molecule has 0 spiro atoms. The molecule has 4 nitrogen and oxygen atoms in total. The molecule has 1 rings (SSSR count). The highest BCUT2D eigenvalue weighted by Gasteiger charge is 2.51. The first kappa shape index (κ1) is 10.7. The third kappa shape index (κ3) is 1.05. The summed E-state index contributed by atoms with van der Waals surface area (Å²) in [6.07, 6.45) is 0. The lowest BCUT2D eigenvalue weighted by Crippen LogP contribution is -2.48. The van der Waals surface area contributed by atoms with Crippen molar-refractivity contribution in [2.45, 2.75) is 38.8 Å². The zero-order chi connectivity index (χ0) is 11.1. The van der Waals surface area contributed by atoms with Crippen LogP contribution < -0.4 is 0 Å². The Morgan fingerprint density at radius 1 is 1.00 bits per heavy atom. The van der Waals surface area contributed by atoms with Gasteiger partial charge in [-0.3, -0.25) is 0 Å². The first-order valence-corrected chi connectivity index (χ1v) is 4.34. The molecule has 4 heteroatoms. The van der Waals surface area contributed by atoms with Crippen molar-refractivity contribution in [3.63, 3.8) is 0 Å². The highest BCUT2D eigenvalue weighted by molar-refractivity contribution is 5.52. The highest BCUT2D eigenvalue weighted by Crippen LogP contribution is 2.42. The Labute approximate surface area is 83.6 Å². The second kappa shape index (κ2) is 2.81. The van der Waals surface area contributed by atoms with Gasteiger partial charge < -0.3 is 5.21 Å². The van der Waals surface area contributed by atoms with Gasteiger partial charge in [-0.2, -0.15) is 15.6 Å². The molecular formula is C10H13N3O. The van der Waals surface area contributed by atoms with Crippen LogP contribution in [0.15, 0.2) is 11.1 Å². The molecule has 0 unspecified atom stereocenters. The summed E-state index contributed by atoms with van der Waals surface area (Å²) in [5.74, 6) is 0. The van der Waals surface area contributed by atoms with Gasteiger partial charge in [-0.15, -0.1) is 0 Å². The minimum Gasteiger partial charge on any atom is -0.312 e. The van der Waals surface area contributed by atoms with Crippen LogP contribution in [0.4, 0.5) is 0 Å². The van der Waals surface area contributed by atoms with Crippen LogP contribution in [0, 0.1) is 22.7 Å². The molecule has 0 aromatic heterocycles. The molecule has 0 bridgehead atoms. The number of rotatable bonds is 0. The molecule has 0 atom stereocenters. The largest absolute Gasteiger partial charge is 0.312 e. The maximum atomic E-state index is 9.88. The zero-order valence-corrected chi connectivity index (χ0v) is 8.79. The molecule has 74 valence electrons. The van der Waals surface area contributed by atoms with Gasteiger partial charge in [0.05, 0.1) is 34.4 Å². The summed E-state index contributed by atoms with van der Waals surface area (Å²) < 4.78 is 0. The number of nitrogens with zero attached hydrogens (tertiary/aromatic N) is 3. The quantitative estimate of drug-likeness (QED) is 0.631. The molecule has 0 amide bonds. The normalized spacial score (nSPS) is 24.5. The lowest BCUT2D eigenvalue weighted by atomic mass is 9.92. The van der Waals surface area contributed by atoms with Crippen molar-refractivity contribution in [2.75, 3.05) is 0 Å². The van der Waals surface area contributed by atoms with Gasteiger partial charge >= 0.3 is 0 Å². The van der Waals surface area contributed by atoms with E-state index in [2.05, 4.69) is 0 Å². The maximum absolute atomic E-state index is 9.88. The fourth-order valence-corrected chi connectivity index (χ4v) is 1.91. The molecule has 1 aliphatic rings. The minimum atomic E-state index is -0.788. The summed E-state index contributed by atoms with van der Waals surface area (Å²) in [5, 5.41) is 28.9. The number of hydroxylamine groups is 2. The Kier molecular flexibility index (Phi) is 2.15. The van der Waals surface area contributed by atoms with Crippen LogP contribution in [0.3, 0.4) is 0 Å². The summed E-state index contributed by atoms with van der Waals surface area (Å²) in [5.41, 5.74) is -0.896. The van der Waals surface area contributed by atoms with Gasteiger partial charge in [0.15, 0.2) is 0 Å². The van der Waals surface area contributed by atoms with Crippen molar-refractivity contribution in [3.05, 3.63) is 11.1 Å². The van der Waals surface area contributed by atoms with E-state index in [4.69, 9.17) is 10.5 Å². The summed E-state index contributed by atoms with van der Waals surface area (Å²) in [6.45, 7) is 6.88. The van der Waals surface area contributed by atoms with Gasteiger partial charge in [0.1, 0.15) is 0 Å². The fraction of sp³-hybridized carbons (Fsp3) is 0.600. The second-order valence-corrected chi connectivity index (χ2v) is 4.40. The monoisotopic (exact) mass is 191 g/mol. The van der Waals surface area contributed by atoms with Gasteiger partial charge in [0, 0.05) is 0 Å².